The summed E-state index contributed by atoms with van der Waals surface area (Å²) in [4.78, 5) is 22.8. The summed E-state index contributed by atoms with van der Waals surface area (Å²) in [6.07, 6.45) is 3.71. The highest BCUT2D eigenvalue weighted by molar-refractivity contribution is 6.00. The van der Waals surface area contributed by atoms with Gasteiger partial charge in [0.1, 0.15) is 5.41 Å². The van der Waals surface area contributed by atoms with Crippen LogP contribution in [-0.2, 0) is 14.3 Å². The van der Waals surface area contributed by atoms with Crippen LogP contribution < -0.4 is 0 Å². The molecule has 0 radical (unpaired) electrons. The first-order valence-electron chi connectivity index (χ1n) is 4.93. The zero-order valence-corrected chi connectivity index (χ0v) is 9.59. The van der Waals surface area contributed by atoms with E-state index in [0.29, 0.717) is 0 Å². The van der Waals surface area contributed by atoms with Crippen molar-refractivity contribution in [2.45, 2.75) is 34.1 Å². The molecule has 82 valence electrons. The van der Waals surface area contributed by atoms with Gasteiger partial charge in [-0.3, -0.25) is 9.59 Å². The Hall–Kier alpha value is -1.38. The third-order valence-corrected chi connectivity index (χ3v) is 2.12. The molecule has 3 nitrogen and oxygen atoms in total. The molecule has 0 aromatic rings. The predicted octanol–water partition coefficient (Wildman–Crippen LogP) is 2.38. The highest BCUT2D eigenvalue weighted by atomic mass is 16.6. The van der Waals surface area contributed by atoms with E-state index in [0.717, 1.165) is 11.1 Å². The predicted molar refractivity (Wildman–Crippen MR) is 57.0 cm³/mol. The minimum Gasteiger partial charge on any atom is -0.392 e. The van der Waals surface area contributed by atoms with Gasteiger partial charge in [-0.25, -0.2) is 0 Å². The summed E-state index contributed by atoms with van der Waals surface area (Å²) in [6.45, 7) is 7.60. The summed E-state index contributed by atoms with van der Waals surface area (Å²) in [5, 5.41) is 0. The molecule has 0 amide bonds. The fourth-order valence-electron chi connectivity index (χ4n) is 1.84. The Labute approximate surface area is 89.8 Å². The molecule has 0 bridgehead atoms. The monoisotopic (exact) mass is 208 g/mol. The fourth-order valence-corrected chi connectivity index (χ4v) is 1.84. The maximum atomic E-state index is 11.6. The molecule has 1 saturated heterocycles. The molecule has 1 aliphatic heterocycles. The minimum absolute atomic E-state index is 0.113. The standard InChI is InChI=1S/C12H16O3/c1-8(2)5-12(6-9(3)4)7-10(13)15-11(12)14/h5-6H,7H2,1-4H3. The molecule has 0 aromatic heterocycles. The van der Waals surface area contributed by atoms with Gasteiger partial charge in [0.25, 0.3) is 0 Å². The lowest BCUT2D eigenvalue weighted by Gasteiger charge is -2.16. The van der Waals surface area contributed by atoms with E-state index in [9.17, 15) is 9.59 Å². The SMILES string of the molecule is CC(C)=CC1(C=C(C)C)CC(=O)OC1=O. The van der Waals surface area contributed by atoms with E-state index in [1.54, 1.807) is 12.2 Å². The molecule has 0 saturated carbocycles. The third kappa shape index (κ3) is 2.55. The number of esters is 2. The number of ether oxygens (including phenoxy) is 1. The molecule has 1 aliphatic rings. The van der Waals surface area contributed by atoms with Crippen molar-refractivity contribution in [3.05, 3.63) is 23.3 Å². The number of hydrogen-bond acceptors (Lipinski definition) is 3. The molecule has 0 atom stereocenters. The van der Waals surface area contributed by atoms with E-state index >= 15 is 0 Å². The van der Waals surface area contributed by atoms with E-state index in [4.69, 9.17) is 0 Å². The molecule has 3 heteroatoms. The molecular weight excluding hydrogens is 192 g/mol. The first-order chi connectivity index (χ1) is 6.85. The van der Waals surface area contributed by atoms with Crippen molar-refractivity contribution >= 4 is 11.9 Å². The van der Waals surface area contributed by atoms with Gasteiger partial charge < -0.3 is 4.74 Å². The van der Waals surface area contributed by atoms with Gasteiger partial charge in [-0.05, 0) is 27.7 Å². The van der Waals surface area contributed by atoms with Crippen molar-refractivity contribution in [3.8, 4) is 0 Å². The Morgan fingerprint density at radius 1 is 1.13 bits per heavy atom. The largest absolute Gasteiger partial charge is 0.392 e. The van der Waals surface area contributed by atoms with Crippen molar-refractivity contribution in [1.29, 1.82) is 0 Å². The van der Waals surface area contributed by atoms with E-state index < -0.39 is 17.4 Å². The summed E-state index contributed by atoms with van der Waals surface area (Å²) in [7, 11) is 0. The number of hydrogen-bond donors (Lipinski definition) is 0. The lowest BCUT2D eigenvalue weighted by molar-refractivity contribution is -0.153. The van der Waals surface area contributed by atoms with Crippen molar-refractivity contribution in [3.63, 3.8) is 0 Å². The van der Waals surface area contributed by atoms with Crippen LogP contribution in [0.25, 0.3) is 0 Å². The lowest BCUT2D eigenvalue weighted by Crippen LogP contribution is -2.22. The van der Waals surface area contributed by atoms with Crippen LogP contribution in [0, 0.1) is 5.41 Å². The van der Waals surface area contributed by atoms with Gasteiger partial charge in [0, 0.05) is 0 Å². The fraction of sp³-hybridized carbons (Fsp3) is 0.500. The van der Waals surface area contributed by atoms with Crippen molar-refractivity contribution in [2.75, 3.05) is 0 Å². The Bertz CT molecular complexity index is 335. The summed E-state index contributed by atoms with van der Waals surface area (Å²) < 4.78 is 4.61. The first kappa shape index (κ1) is 11.7. The van der Waals surface area contributed by atoms with Crippen LogP contribution in [0.4, 0.5) is 0 Å². The summed E-state index contributed by atoms with van der Waals surface area (Å²) >= 11 is 0. The highest BCUT2D eigenvalue weighted by Gasteiger charge is 2.45. The second-order valence-electron chi connectivity index (χ2n) is 4.42. The van der Waals surface area contributed by atoms with Crippen LogP contribution in [0.3, 0.4) is 0 Å². The van der Waals surface area contributed by atoms with Crippen LogP contribution in [0.5, 0.6) is 0 Å². The average molecular weight is 208 g/mol. The number of carbonyl (C=O) groups excluding carboxylic acids is 2. The Balaban J connectivity index is 3.19. The first-order valence-corrected chi connectivity index (χ1v) is 4.93. The third-order valence-electron chi connectivity index (χ3n) is 2.12. The van der Waals surface area contributed by atoms with Crippen molar-refractivity contribution in [2.24, 2.45) is 5.41 Å². The average Bonchev–Trinajstić information content (AvgIpc) is 2.22. The summed E-state index contributed by atoms with van der Waals surface area (Å²) in [5.74, 6) is -0.912. The lowest BCUT2D eigenvalue weighted by atomic mass is 9.83. The Morgan fingerprint density at radius 2 is 1.60 bits per heavy atom. The number of cyclic esters (lactones) is 2. The van der Waals surface area contributed by atoms with Gasteiger partial charge in [0.15, 0.2) is 0 Å². The minimum atomic E-state index is -0.866. The Kier molecular flexibility index (Phi) is 3.12. The molecule has 0 N–H and O–H groups in total. The van der Waals surface area contributed by atoms with E-state index in [-0.39, 0.29) is 6.42 Å². The van der Waals surface area contributed by atoms with Crippen LogP contribution in [0.2, 0.25) is 0 Å². The Morgan fingerprint density at radius 3 is 1.87 bits per heavy atom. The van der Waals surface area contributed by atoms with Crippen molar-refractivity contribution < 1.29 is 14.3 Å². The highest BCUT2D eigenvalue weighted by Crippen LogP contribution is 2.36. The van der Waals surface area contributed by atoms with Crippen LogP contribution in [0.1, 0.15) is 34.1 Å². The van der Waals surface area contributed by atoms with Gasteiger partial charge in [-0.15, -0.1) is 0 Å². The van der Waals surface area contributed by atoms with E-state index in [2.05, 4.69) is 4.74 Å². The zero-order chi connectivity index (χ0) is 11.6. The maximum absolute atomic E-state index is 11.6. The van der Waals surface area contributed by atoms with Crippen molar-refractivity contribution in [1.82, 2.24) is 0 Å². The summed E-state index contributed by atoms with van der Waals surface area (Å²) in [6, 6.07) is 0. The molecule has 0 spiro atoms. The van der Waals surface area contributed by atoms with Crippen LogP contribution in [-0.4, -0.2) is 11.9 Å². The quantitative estimate of drug-likeness (QED) is 0.397. The number of allylic oxidation sites excluding steroid dienone is 2. The molecule has 15 heavy (non-hydrogen) atoms. The molecule has 0 aliphatic carbocycles. The smallest absolute Gasteiger partial charge is 0.328 e. The van der Waals surface area contributed by atoms with Crippen LogP contribution >= 0.6 is 0 Å². The molecule has 1 rings (SSSR count). The number of carbonyl (C=O) groups is 2. The van der Waals surface area contributed by atoms with E-state index in [1.807, 2.05) is 27.7 Å². The van der Waals surface area contributed by atoms with Gasteiger partial charge in [0.2, 0.25) is 0 Å². The second-order valence-corrected chi connectivity index (χ2v) is 4.42. The topological polar surface area (TPSA) is 43.4 Å². The van der Waals surface area contributed by atoms with Crippen LogP contribution in [0.15, 0.2) is 23.3 Å². The molecule has 0 aromatic carbocycles. The number of rotatable bonds is 2. The summed E-state index contributed by atoms with van der Waals surface area (Å²) in [5.41, 5.74) is 1.13. The van der Waals surface area contributed by atoms with E-state index in [1.165, 1.54) is 0 Å². The normalized spacial score (nSPS) is 18.4. The van der Waals surface area contributed by atoms with Gasteiger partial charge in [-0.1, -0.05) is 23.3 Å². The second kappa shape index (κ2) is 4.01. The van der Waals surface area contributed by atoms with Gasteiger partial charge in [0.05, 0.1) is 6.42 Å². The molecular formula is C12H16O3. The molecule has 0 unspecified atom stereocenters. The van der Waals surface area contributed by atoms with Gasteiger partial charge >= 0.3 is 11.9 Å². The molecule has 1 fully saturated rings. The van der Waals surface area contributed by atoms with Gasteiger partial charge in [-0.2, -0.15) is 0 Å². The maximum Gasteiger partial charge on any atom is 0.328 e. The molecule has 1 heterocycles. The zero-order valence-electron chi connectivity index (χ0n) is 9.59.